The number of oxazole rings is 1. The van der Waals surface area contributed by atoms with Gasteiger partial charge in [0.1, 0.15) is 11.3 Å². The summed E-state index contributed by atoms with van der Waals surface area (Å²) in [5.74, 6) is 0.827. The van der Waals surface area contributed by atoms with Crippen molar-refractivity contribution in [2.24, 2.45) is 4.99 Å². The Hall–Kier alpha value is -2.67. The minimum absolute atomic E-state index is 0.237. The van der Waals surface area contributed by atoms with Gasteiger partial charge in [-0.15, -0.1) is 0 Å². The highest BCUT2D eigenvalue weighted by molar-refractivity contribution is 14.1. The summed E-state index contributed by atoms with van der Waals surface area (Å²) in [6.45, 7) is 0. The van der Waals surface area contributed by atoms with Gasteiger partial charge in [-0.25, -0.2) is 4.98 Å². The van der Waals surface area contributed by atoms with Gasteiger partial charge in [0.25, 0.3) is 0 Å². The van der Waals surface area contributed by atoms with Crippen molar-refractivity contribution in [2.45, 2.75) is 0 Å². The highest BCUT2D eigenvalue weighted by atomic mass is 127. The third-order valence-corrected chi connectivity index (χ3v) is 4.63. The number of aliphatic imine (C=N–C) groups is 1. The third kappa shape index (κ3) is 3.28. The molecule has 3 aromatic carbocycles. The third-order valence-electron chi connectivity index (χ3n) is 3.76. The molecule has 1 heterocycles. The first kappa shape index (κ1) is 15.8. The zero-order valence-electron chi connectivity index (χ0n) is 13.1. The van der Waals surface area contributed by atoms with Gasteiger partial charge in [-0.05, 0) is 65.1 Å². The predicted molar refractivity (Wildman–Crippen MR) is 108 cm³/mol. The van der Waals surface area contributed by atoms with Gasteiger partial charge in [0.2, 0.25) is 5.89 Å². The van der Waals surface area contributed by atoms with E-state index in [1.54, 1.807) is 6.21 Å². The van der Waals surface area contributed by atoms with Crippen LogP contribution in [-0.2, 0) is 0 Å². The molecule has 0 aliphatic rings. The summed E-state index contributed by atoms with van der Waals surface area (Å²) in [5, 5.41) is 10.1. The number of nitrogens with zero attached hydrogens (tertiary/aromatic N) is 2. The molecule has 0 bridgehead atoms. The largest absolute Gasteiger partial charge is 0.506 e. The number of benzene rings is 3. The Morgan fingerprint density at radius 3 is 2.68 bits per heavy atom. The van der Waals surface area contributed by atoms with Crippen LogP contribution in [0.5, 0.6) is 5.75 Å². The maximum atomic E-state index is 10.1. The minimum atomic E-state index is 0.237. The molecule has 0 unspecified atom stereocenters. The van der Waals surface area contributed by atoms with Gasteiger partial charge in [0, 0.05) is 17.3 Å². The van der Waals surface area contributed by atoms with Crippen molar-refractivity contribution in [3.63, 3.8) is 0 Å². The van der Waals surface area contributed by atoms with Crippen molar-refractivity contribution in [1.82, 2.24) is 4.98 Å². The van der Waals surface area contributed by atoms with Gasteiger partial charge in [0.05, 0.1) is 9.26 Å². The van der Waals surface area contributed by atoms with E-state index in [-0.39, 0.29) is 5.75 Å². The van der Waals surface area contributed by atoms with Crippen molar-refractivity contribution in [3.05, 3.63) is 75.9 Å². The number of phenols is 1. The second-order valence-electron chi connectivity index (χ2n) is 5.47. The highest BCUT2D eigenvalue weighted by Gasteiger charge is 2.08. The van der Waals surface area contributed by atoms with E-state index in [0.717, 1.165) is 25.9 Å². The van der Waals surface area contributed by atoms with Gasteiger partial charge in [0.15, 0.2) is 5.58 Å². The number of rotatable bonds is 3. The smallest absolute Gasteiger partial charge is 0.227 e. The van der Waals surface area contributed by atoms with E-state index < -0.39 is 0 Å². The van der Waals surface area contributed by atoms with Crippen LogP contribution in [0, 0.1) is 3.57 Å². The number of phenolic OH excluding ortho intramolecular Hbond substituents is 1. The average Bonchev–Trinajstić information content (AvgIpc) is 3.07. The topological polar surface area (TPSA) is 58.6 Å². The van der Waals surface area contributed by atoms with Crippen LogP contribution in [0.3, 0.4) is 0 Å². The lowest BCUT2D eigenvalue weighted by atomic mass is 10.2. The summed E-state index contributed by atoms with van der Waals surface area (Å²) in [7, 11) is 0. The lowest BCUT2D eigenvalue weighted by Crippen LogP contribution is -1.84. The summed E-state index contributed by atoms with van der Waals surface area (Å²) in [6.07, 6.45) is 1.65. The van der Waals surface area contributed by atoms with Crippen LogP contribution in [-0.4, -0.2) is 16.3 Å². The number of para-hydroxylation sites is 1. The van der Waals surface area contributed by atoms with Crippen molar-refractivity contribution in [1.29, 1.82) is 0 Å². The van der Waals surface area contributed by atoms with Crippen LogP contribution in [0.2, 0.25) is 0 Å². The molecule has 4 rings (SSSR count). The fourth-order valence-corrected chi connectivity index (χ4v) is 3.00. The number of halogens is 1. The highest BCUT2D eigenvalue weighted by Crippen LogP contribution is 2.27. The van der Waals surface area contributed by atoms with Crippen LogP contribution in [0.4, 0.5) is 5.69 Å². The second kappa shape index (κ2) is 6.68. The normalized spacial score (nSPS) is 11.4. The average molecular weight is 440 g/mol. The zero-order chi connectivity index (χ0) is 17.2. The molecular formula is C20H13IN2O2. The standard InChI is InChI=1S/C20H13IN2O2/c21-16-8-4-7-14(19(16)24)12-22-15-9-10-18-17(11-15)23-20(25-18)13-5-2-1-3-6-13/h1-12,24H. The molecule has 0 saturated carbocycles. The Morgan fingerprint density at radius 1 is 1.00 bits per heavy atom. The quantitative estimate of drug-likeness (QED) is 0.336. The van der Waals surface area contributed by atoms with Gasteiger partial charge in [-0.2, -0.15) is 0 Å². The molecule has 4 nitrogen and oxygen atoms in total. The molecule has 0 saturated heterocycles. The van der Waals surface area contributed by atoms with Gasteiger partial charge >= 0.3 is 0 Å². The molecule has 5 heteroatoms. The van der Waals surface area contributed by atoms with Crippen molar-refractivity contribution in [3.8, 4) is 17.2 Å². The first-order valence-electron chi connectivity index (χ1n) is 7.68. The van der Waals surface area contributed by atoms with Crippen molar-refractivity contribution in [2.75, 3.05) is 0 Å². The Balaban J connectivity index is 1.67. The maximum absolute atomic E-state index is 10.1. The van der Waals surface area contributed by atoms with Crippen LogP contribution in [0.25, 0.3) is 22.6 Å². The Bertz CT molecular complexity index is 1070. The molecule has 1 N–H and O–H groups in total. The Kier molecular flexibility index (Phi) is 4.23. The molecule has 122 valence electrons. The number of aromatic hydroxyl groups is 1. The van der Waals surface area contributed by atoms with Crippen LogP contribution in [0.15, 0.2) is 76.1 Å². The molecule has 0 fully saturated rings. The monoisotopic (exact) mass is 440 g/mol. The number of fused-ring (bicyclic) bond motifs is 1. The first-order valence-corrected chi connectivity index (χ1v) is 8.76. The predicted octanol–water partition coefficient (Wildman–Crippen LogP) is 5.56. The summed E-state index contributed by atoms with van der Waals surface area (Å²) in [6, 6.07) is 20.9. The summed E-state index contributed by atoms with van der Waals surface area (Å²) >= 11 is 2.09. The van der Waals surface area contributed by atoms with E-state index in [1.807, 2.05) is 66.7 Å². The molecule has 1 aromatic heterocycles. The van der Waals surface area contributed by atoms with Gasteiger partial charge in [-0.1, -0.05) is 24.3 Å². The Morgan fingerprint density at radius 2 is 1.84 bits per heavy atom. The molecule has 0 aliphatic heterocycles. The SMILES string of the molecule is Oc1c(I)cccc1C=Nc1ccc2oc(-c3ccccc3)nc2c1. The van der Waals surface area contributed by atoms with Gasteiger partial charge < -0.3 is 9.52 Å². The van der Waals surface area contributed by atoms with Crippen molar-refractivity contribution >= 4 is 45.6 Å². The molecule has 0 radical (unpaired) electrons. The van der Waals surface area contributed by atoms with E-state index >= 15 is 0 Å². The molecular weight excluding hydrogens is 427 g/mol. The van der Waals surface area contributed by atoms with E-state index in [9.17, 15) is 5.11 Å². The molecule has 0 atom stereocenters. The number of aromatic nitrogens is 1. The van der Waals surface area contributed by atoms with E-state index in [2.05, 4.69) is 32.6 Å². The second-order valence-corrected chi connectivity index (χ2v) is 6.64. The van der Waals surface area contributed by atoms with E-state index in [0.29, 0.717) is 11.5 Å². The number of hydrogen-bond acceptors (Lipinski definition) is 4. The first-order chi connectivity index (χ1) is 12.2. The molecule has 4 aromatic rings. The lowest BCUT2D eigenvalue weighted by Gasteiger charge is -2.00. The van der Waals surface area contributed by atoms with Crippen molar-refractivity contribution < 1.29 is 9.52 Å². The van der Waals surface area contributed by atoms with Crippen LogP contribution in [0.1, 0.15) is 5.56 Å². The van der Waals surface area contributed by atoms with E-state index in [4.69, 9.17) is 4.42 Å². The summed E-state index contributed by atoms with van der Waals surface area (Å²) in [5.41, 5.74) is 3.83. The zero-order valence-corrected chi connectivity index (χ0v) is 15.2. The maximum Gasteiger partial charge on any atom is 0.227 e. The molecule has 25 heavy (non-hydrogen) atoms. The summed E-state index contributed by atoms with van der Waals surface area (Å²) < 4.78 is 6.60. The minimum Gasteiger partial charge on any atom is -0.506 e. The van der Waals surface area contributed by atoms with Crippen LogP contribution < -0.4 is 0 Å². The molecule has 0 spiro atoms. The Labute approximate surface area is 158 Å². The van der Waals surface area contributed by atoms with Crippen LogP contribution >= 0.6 is 22.6 Å². The van der Waals surface area contributed by atoms with Gasteiger partial charge in [-0.3, -0.25) is 4.99 Å². The van der Waals surface area contributed by atoms with E-state index in [1.165, 1.54) is 0 Å². The molecule has 0 aliphatic carbocycles. The fraction of sp³-hybridized carbons (Fsp3) is 0. The fourth-order valence-electron chi connectivity index (χ4n) is 2.48. The number of hydrogen-bond donors (Lipinski definition) is 1. The summed E-state index contributed by atoms with van der Waals surface area (Å²) in [4.78, 5) is 8.98. The lowest BCUT2D eigenvalue weighted by molar-refractivity contribution is 0.470. The molecule has 0 amide bonds.